The molecule has 0 bridgehead atoms. The zero-order valence-electron chi connectivity index (χ0n) is 15.1. The van der Waals surface area contributed by atoms with Gasteiger partial charge in [-0.15, -0.1) is 0 Å². The van der Waals surface area contributed by atoms with E-state index in [0.717, 1.165) is 29.0 Å². The van der Waals surface area contributed by atoms with Gasteiger partial charge in [0.2, 0.25) is 5.91 Å². The number of carbonyl (C=O) groups is 2. The molecule has 26 heavy (non-hydrogen) atoms. The van der Waals surface area contributed by atoms with Gasteiger partial charge in [-0.1, -0.05) is 37.3 Å². The first-order chi connectivity index (χ1) is 12.6. The van der Waals surface area contributed by atoms with Crippen molar-refractivity contribution in [1.82, 2.24) is 0 Å². The number of hydrogen-bond acceptors (Lipinski definition) is 4. The molecular weight excluding hydrogens is 330 g/mol. The normalized spacial score (nSPS) is 16.6. The van der Waals surface area contributed by atoms with Gasteiger partial charge in [0.1, 0.15) is 12.4 Å². The smallest absolute Gasteiger partial charge is 0.311 e. The first kappa shape index (κ1) is 18.0. The van der Waals surface area contributed by atoms with Crippen LogP contribution in [-0.4, -0.2) is 25.5 Å². The molecule has 5 nitrogen and oxygen atoms in total. The molecule has 0 aliphatic carbocycles. The summed E-state index contributed by atoms with van der Waals surface area (Å²) in [6.07, 6.45) is 1.03. The number of nitrogens with zero attached hydrogens (tertiary/aromatic N) is 1. The molecule has 1 fully saturated rings. The van der Waals surface area contributed by atoms with Crippen LogP contribution in [0.3, 0.4) is 0 Å². The minimum atomic E-state index is -0.425. The minimum absolute atomic E-state index is 0.0303. The first-order valence-electron chi connectivity index (χ1n) is 8.80. The highest BCUT2D eigenvalue weighted by atomic mass is 16.5. The molecule has 0 spiro atoms. The molecule has 1 amide bonds. The van der Waals surface area contributed by atoms with Crippen LogP contribution in [0, 0.1) is 5.92 Å². The third-order valence-electron chi connectivity index (χ3n) is 4.66. The molecule has 136 valence electrons. The topological polar surface area (TPSA) is 55.8 Å². The number of benzene rings is 2. The Morgan fingerprint density at radius 1 is 1.15 bits per heavy atom. The van der Waals surface area contributed by atoms with Gasteiger partial charge in [0.05, 0.1) is 13.0 Å². The van der Waals surface area contributed by atoms with Gasteiger partial charge in [0, 0.05) is 18.7 Å². The number of esters is 1. The Labute approximate surface area is 153 Å². The highest BCUT2D eigenvalue weighted by Gasteiger charge is 2.36. The standard InChI is InChI=1S/C21H23NO4/c1-3-16-6-4-5-7-19(16)22-13-17(12-20(22)23)21(24)26-14-15-8-10-18(25-2)11-9-15/h4-11,17H,3,12-14H2,1-2H3. The lowest BCUT2D eigenvalue weighted by Gasteiger charge is -2.19. The lowest BCUT2D eigenvalue weighted by Crippen LogP contribution is -2.27. The third kappa shape index (κ3) is 3.87. The van der Waals surface area contributed by atoms with Crippen molar-refractivity contribution in [2.45, 2.75) is 26.4 Å². The largest absolute Gasteiger partial charge is 0.497 e. The van der Waals surface area contributed by atoms with Crippen molar-refractivity contribution in [2.24, 2.45) is 5.92 Å². The third-order valence-corrected chi connectivity index (χ3v) is 4.66. The van der Waals surface area contributed by atoms with Gasteiger partial charge in [-0.2, -0.15) is 0 Å². The zero-order chi connectivity index (χ0) is 18.5. The molecule has 0 saturated carbocycles. The van der Waals surface area contributed by atoms with E-state index in [9.17, 15) is 9.59 Å². The lowest BCUT2D eigenvalue weighted by atomic mass is 10.1. The number of ether oxygens (including phenoxy) is 2. The van der Waals surface area contributed by atoms with Crippen molar-refractivity contribution in [3.05, 3.63) is 59.7 Å². The number of para-hydroxylation sites is 1. The second-order valence-electron chi connectivity index (χ2n) is 6.34. The Kier molecular flexibility index (Phi) is 5.56. The molecule has 1 heterocycles. The molecule has 3 rings (SSSR count). The van der Waals surface area contributed by atoms with E-state index in [1.807, 2.05) is 48.5 Å². The van der Waals surface area contributed by atoms with E-state index in [4.69, 9.17) is 9.47 Å². The Balaban J connectivity index is 1.61. The van der Waals surface area contributed by atoms with Gasteiger partial charge in [0.15, 0.2) is 0 Å². The zero-order valence-corrected chi connectivity index (χ0v) is 15.1. The van der Waals surface area contributed by atoms with Crippen molar-refractivity contribution in [2.75, 3.05) is 18.6 Å². The summed E-state index contributed by atoms with van der Waals surface area (Å²) >= 11 is 0. The summed E-state index contributed by atoms with van der Waals surface area (Å²) in [5.41, 5.74) is 2.88. The molecule has 5 heteroatoms. The lowest BCUT2D eigenvalue weighted by molar-refractivity contribution is -0.149. The first-order valence-corrected chi connectivity index (χ1v) is 8.80. The van der Waals surface area contributed by atoms with Crippen molar-refractivity contribution in [3.8, 4) is 5.75 Å². The van der Waals surface area contributed by atoms with Crippen LogP contribution in [0.1, 0.15) is 24.5 Å². The van der Waals surface area contributed by atoms with Crippen LogP contribution in [0.25, 0.3) is 0 Å². The van der Waals surface area contributed by atoms with Crippen molar-refractivity contribution in [3.63, 3.8) is 0 Å². The molecule has 2 aromatic carbocycles. The van der Waals surface area contributed by atoms with E-state index in [-0.39, 0.29) is 24.9 Å². The fraction of sp³-hybridized carbons (Fsp3) is 0.333. The van der Waals surface area contributed by atoms with Gasteiger partial charge in [-0.05, 0) is 35.7 Å². The summed E-state index contributed by atoms with van der Waals surface area (Å²) in [6, 6.07) is 15.2. The predicted molar refractivity (Wildman–Crippen MR) is 99.1 cm³/mol. The highest BCUT2D eigenvalue weighted by molar-refractivity contribution is 6.00. The molecular formula is C21H23NO4. The van der Waals surface area contributed by atoms with Gasteiger partial charge < -0.3 is 14.4 Å². The van der Waals surface area contributed by atoms with Gasteiger partial charge in [-0.25, -0.2) is 0 Å². The molecule has 1 aliphatic rings. The molecule has 0 N–H and O–H groups in total. The van der Waals surface area contributed by atoms with Crippen molar-refractivity contribution in [1.29, 1.82) is 0 Å². The SMILES string of the molecule is CCc1ccccc1N1CC(C(=O)OCc2ccc(OC)cc2)CC1=O. The summed E-state index contributed by atoms with van der Waals surface area (Å²) in [7, 11) is 1.61. The maximum atomic E-state index is 12.4. The summed E-state index contributed by atoms with van der Waals surface area (Å²) < 4.78 is 10.5. The molecule has 1 aliphatic heterocycles. The van der Waals surface area contributed by atoms with E-state index in [2.05, 4.69) is 6.92 Å². The Morgan fingerprint density at radius 3 is 2.58 bits per heavy atom. The van der Waals surface area contributed by atoms with Crippen molar-refractivity contribution >= 4 is 17.6 Å². The van der Waals surface area contributed by atoms with Crippen LogP contribution in [0.15, 0.2) is 48.5 Å². The second kappa shape index (κ2) is 8.04. The summed E-state index contributed by atoms with van der Waals surface area (Å²) in [6.45, 7) is 2.62. The average Bonchev–Trinajstić information content (AvgIpc) is 3.08. The van der Waals surface area contributed by atoms with Crippen LogP contribution in [0.5, 0.6) is 5.75 Å². The van der Waals surface area contributed by atoms with Crippen LogP contribution in [0.2, 0.25) is 0 Å². The molecule has 2 aromatic rings. The average molecular weight is 353 g/mol. The summed E-state index contributed by atoms with van der Waals surface area (Å²) in [5, 5.41) is 0. The molecule has 0 radical (unpaired) electrons. The molecule has 1 saturated heterocycles. The highest BCUT2D eigenvalue weighted by Crippen LogP contribution is 2.29. The number of anilines is 1. The molecule has 1 unspecified atom stereocenters. The van der Waals surface area contributed by atoms with Crippen molar-refractivity contribution < 1.29 is 19.1 Å². The molecule has 1 atom stereocenters. The molecule has 0 aromatic heterocycles. The van der Waals surface area contributed by atoms with Crippen LogP contribution in [0.4, 0.5) is 5.69 Å². The Hall–Kier alpha value is -2.82. The van der Waals surface area contributed by atoms with E-state index >= 15 is 0 Å². The number of methoxy groups -OCH3 is 1. The fourth-order valence-electron chi connectivity index (χ4n) is 3.17. The number of amides is 1. The van der Waals surface area contributed by atoms with E-state index in [1.54, 1.807) is 12.0 Å². The number of hydrogen-bond donors (Lipinski definition) is 0. The van der Waals surface area contributed by atoms with E-state index in [0.29, 0.717) is 6.54 Å². The number of aryl methyl sites for hydroxylation is 1. The Morgan fingerprint density at radius 2 is 1.88 bits per heavy atom. The van der Waals surface area contributed by atoms with Crippen LogP contribution >= 0.6 is 0 Å². The monoisotopic (exact) mass is 353 g/mol. The quantitative estimate of drug-likeness (QED) is 0.748. The number of carbonyl (C=O) groups excluding carboxylic acids is 2. The fourth-order valence-corrected chi connectivity index (χ4v) is 3.17. The van der Waals surface area contributed by atoms with Crippen LogP contribution < -0.4 is 9.64 Å². The number of rotatable bonds is 6. The maximum Gasteiger partial charge on any atom is 0.311 e. The van der Waals surface area contributed by atoms with Gasteiger partial charge in [-0.3, -0.25) is 9.59 Å². The second-order valence-corrected chi connectivity index (χ2v) is 6.34. The Bertz CT molecular complexity index is 785. The van der Waals surface area contributed by atoms with Crippen LogP contribution in [-0.2, 0) is 27.4 Å². The van der Waals surface area contributed by atoms with Gasteiger partial charge in [0.25, 0.3) is 0 Å². The predicted octanol–water partition coefficient (Wildman–Crippen LogP) is 3.35. The maximum absolute atomic E-state index is 12.4. The summed E-state index contributed by atoms with van der Waals surface area (Å²) in [4.78, 5) is 26.5. The van der Waals surface area contributed by atoms with E-state index in [1.165, 1.54) is 0 Å². The minimum Gasteiger partial charge on any atom is -0.497 e. The van der Waals surface area contributed by atoms with Gasteiger partial charge >= 0.3 is 5.97 Å². The summed E-state index contributed by atoms with van der Waals surface area (Å²) in [5.74, 6) is -0.0275. The van der Waals surface area contributed by atoms with E-state index < -0.39 is 5.92 Å².